The summed E-state index contributed by atoms with van der Waals surface area (Å²) < 4.78 is 9.81. The van der Waals surface area contributed by atoms with Crippen LogP contribution in [-0.2, 0) is 21.4 Å². The third-order valence-corrected chi connectivity index (χ3v) is 6.56. The maximum atomic E-state index is 13.2. The normalized spacial score (nSPS) is 38.1. The van der Waals surface area contributed by atoms with Crippen LogP contribution in [0.5, 0.6) is 11.5 Å². The summed E-state index contributed by atoms with van der Waals surface area (Å²) >= 11 is 0. The van der Waals surface area contributed by atoms with Gasteiger partial charge in [0.2, 0.25) is 0 Å². The third kappa shape index (κ3) is 1.91. The topological polar surface area (TPSA) is 99.1 Å². The summed E-state index contributed by atoms with van der Waals surface area (Å²) in [7, 11) is 4.39. The van der Waals surface area contributed by atoms with Crippen molar-refractivity contribution < 1.29 is 29.1 Å². The van der Waals surface area contributed by atoms with Crippen LogP contribution in [0.2, 0.25) is 0 Å². The van der Waals surface area contributed by atoms with E-state index in [1.54, 1.807) is 13.1 Å². The number of hydrogen-bond acceptors (Lipinski definition) is 6. The Morgan fingerprint density at radius 3 is 2.69 bits per heavy atom. The number of phenols is 1. The molecular formula is C19H23NO6. The molecule has 7 heteroatoms. The molecule has 0 amide bonds. The number of fused-ring (bicyclic) bond motifs is 1. The minimum Gasteiger partial charge on any atom is -0.633 e. The first kappa shape index (κ1) is 17.3. The van der Waals surface area contributed by atoms with Crippen LogP contribution in [0.4, 0.5) is 0 Å². The van der Waals surface area contributed by atoms with Gasteiger partial charge in [-0.15, -0.1) is 0 Å². The van der Waals surface area contributed by atoms with Crippen molar-refractivity contribution >= 4 is 5.78 Å². The average Bonchev–Trinajstić information content (AvgIpc) is 2.59. The van der Waals surface area contributed by atoms with Gasteiger partial charge in [-0.3, -0.25) is 4.79 Å². The average molecular weight is 361 g/mol. The Bertz CT molecular complexity index is 832. The van der Waals surface area contributed by atoms with E-state index >= 15 is 0 Å². The Morgan fingerprint density at radius 1 is 1.31 bits per heavy atom. The molecule has 4 rings (SSSR count). The van der Waals surface area contributed by atoms with Gasteiger partial charge in [0.05, 0.1) is 33.2 Å². The molecule has 4 atom stereocenters. The maximum Gasteiger partial charge on any atom is 0.198 e. The van der Waals surface area contributed by atoms with Gasteiger partial charge in [-0.05, 0) is 17.7 Å². The number of hydroxylamine groups is 3. The molecule has 1 heterocycles. The van der Waals surface area contributed by atoms with Crippen molar-refractivity contribution in [1.29, 1.82) is 0 Å². The van der Waals surface area contributed by atoms with E-state index in [1.165, 1.54) is 20.3 Å². The number of aliphatic hydroxyl groups is 1. The van der Waals surface area contributed by atoms with E-state index in [-0.39, 0.29) is 42.4 Å². The highest BCUT2D eigenvalue weighted by atomic mass is 16.5. The molecule has 0 spiro atoms. The van der Waals surface area contributed by atoms with Gasteiger partial charge in [0.15, 0.2) is 23.0 Å². The van der Waals surface area contributed by atoms with Crippen molar-refractivity contribution in [2.24, 2.45) is 0 Å². The molecule has 1 saturated heterocycles. The van der Waals surface area contributed by atoms with E-state index in [1.807, 2.05) is 6.07 Å². The first-order valence-corrected chi connectivity index (χ1v) is 8.68. The van der Waals surface area contributed by atoms with Crippen LogP contribution < -0.4 is 4.74 Å². The van der Waals surface area contributed by atoms with Gasteiger partial charge >= 0.3 is 0 Å². The van der Waals surface area contributed by atoms with Gasteiger partial charge in [-0.25, -0.2) is 0 Å². The van der Waals surface area contributed by atoms with E-state index < -0.39 is 21.7 Å². The fraction of sp³-hybridized carbons (Fsp3) is 0.526. The predicted molar refractivity (Wildman–Crippen MR) is 92.5 cm³/mol. The number of allylic oxidation sites excluding steroid dienone is 1. The Morgan fingerprint density at radius 2 is 2.04 bits per heavy atom. The Kier molecular flexibility index (Phi) is 3.48. The Hall–Kier alpha value is -2.09. The van der Waals surface area contributed by atoms with Crippen LogP contribution in [0.25, 0.3) is 0 Å². The minimum absolute atomic E-state index is 0.0204. The van der Waals surface area contributed by atoms with Crippen molar-refractivity contribution in [1.82, 2.24) is 0 Å². The number of likely N-dealkylation sites (tertiary alicyclic amines) is 1. The number of aromatic hydroxyl groups is 1. The lowest BCUT2D eigenvalue weighted by Gasteiger charge is -2.65. The van der Waals surface area contributed by atoms with E-state index in [2.05, 4.69) is 0 Å². The van der Waals surface area contributed by atoms with Crippen molar-refractivity contribution in [2.45, 2.75) is 36.3 Å². The van der Waals surface area contributed by atoms with Gasteiger partial charge in [0.1, 0.15) is 11.6 Å². The highest BCUT2D eigenvalue weighted by Gasteiger charge is 2.68. The van der Waals surface area contributed by atoms with Gasteiger partial charge in [0, 0.05) is 24.8 Å². The fourth-order valence-corrected chi connectivity index (χ4v) is 5.24. The number of quaternary nitrogens is 1. The number of ketones is 1. The number of carbonyl (C=O) groups excluding carboxylic acids is 1. The van der Waals surface area contributed by atoms with Crippen LogP contribution in [0.3, 0.4) is 0 Å². The van der Waals surface area contributed by atoms with Gasteiger partial charge in [0.25, 0.3) is 0 Å². The van der Waals surface area contributed by atoms with Crippen LogP contribution in [0.15, 0.2) is 24.0 Å². The number of benzene rings is 1. The molecule has 2 N–H and O–H groups in total. The summed E-state index contributed by atoms with van der Waals surface area (Å²) in [5.74, 6) is 0.0534. The highest BCUT2D eigenvalue weighted by Crippen LogP contribution is 2.60. The zero-order valence-corrected chi connectivity index (χ0v) is 15.1. The van der Waals surface area contributed by atoms with Crippen molar-refractivity contribution in [3.8, 4) is 11.5 Å². The summed E-state index contributed by atoms with van der Waals surface area (Å²) in [4.78, 5) is 12.7. The molecule has 26 heavy (non-hydrogen) atoms. The Labute approximate surface area is 151 Å². The predicted octanol–water partition coefficient (Wildman–Crippen LogP) is 1.15. The van der Waals surface area contributed by atoms with E-state index in [0.717, 1.165) is 5.56 Å². The number of ether oxygens (including phenoxy) is 2. The molecule has 7 nitrogen and oxygen atoms in total. The van der Waals surface area contributed by atoms with Crippen LogP contribution in [0, 0.1) is 5.21 Å². The number of rotatable bonds is 2. The van der Waals surface area contributed by atoms with Crippen LogP contribution >= 0.6 is 0 Å². The molecule has 0 radical (unpaired) electrons. The first-order valence-electron chi connectivity index (χ1n) is 8.68. The second kappa shape index (κ2) is 5.22. The largest absolute Gasteiger partial charge is 0.633 e. The highest BCUT2D eigenvalue weighted by molar-refractivity contribution is 5.96. The lowest BCUT2D eigenvalue weighted by molar-refractivity contribution is -0.902. The van der Waals surface area contributed by atoms with E-state index in [0.29, 0.717) is 12.0 Å². The third-order valence-electron chi connectivity index (χ3n) is 6.56. The molecule has 3 aliphatic rings. The smallest absolute Gasteiger partial charge is 0.198 e. The second-order valence-electron chi connectivity index (χ2n) is 7.74. The maximum absolute atomic E-state index is 13.2. The molecule has 0 aromatic heterocycles. The lowest BCUT2D eigenvalue weighted by Crippen LogP contribution is -2.76. The number of Topliss-reactive ketones (excluding diaryl/α,β-unsaturated/α-hetero) is 1. The number of likely N-dealkylation sites (N-methyl/N-ethyl adjacent to an activating group) is 1. The van der Waals surface area contributed by atoms with Gasteiger partial charge < -0.3 is 29.5 Å². The minimum atomic E-state index is -1.59. The van der Waals surface area contributed by atoms with Gasteiger partial charge in [-0.2, -0.15) is 0 Å². The van der Waals surface area contributed by atoms with Crippen molar-refractivity contribution in [2.75, 3.05) is 27.8 Å². The number of piperidine rings is 1. The van der Waals surface area contributed by atoms with Crippen LogP contribution in [0.1, 0.15) is 24.0 Å². The zero-order chi connectivity index (χ0) is 18.9. The summed E-state index contributed by atoms with van der Waals surface area (Å²) in [6, 6.07) is 2.78. The van der Waals surface area contributed by atoms with E-state index in [4.69, 9.17) is 9.47 Å². The molecule has 1 aromatic carbocycles. The standard InChI is InChI=1S/C19H23NO6/c1-20(24)7-6-18-9-12(21)14(26-3)10-19(18,23)15(20)8-11-4-5-13(25-2)17(22)16(11)18/h4-5,10,15,22-23H,6-9H2,1-3H3. The molecule has 1 aliphatic heterocycles. The summed E-state index contributed by atoms with van der Waals surface area (Å²) in [5.41, 5.74) is -1.35. The molecule has 1 fully saturated rings. The SMILES string of the molecule is COC1=CC2(O)C3Cc4ccc(OC)c(O)c4C2(CC[N+]3(C)[O-])CC1=O. The molecule has 140 valence electrons. The number of methoxy groups -OCH3 is 2. The zero-order valence-electron chi connectivity index (χ0n) is 15.1. The summed E-state index contributed by atoms with van der Waals surface area (Å²) in [6.07, 6.45) is 1.96. The second-order valence-corrected chi connectivity index (χ2v) is 7.74. The summed E-state index contributed by atoms with van der Waals surface area (Å²) in [6.45, 7) is 0.256. The van der Waals surface area contributed by atoms with E-state index in [9.17, 15) is 20.2 Å². The van der Waals surface area contributed by atoms with Crippen LogP contribution in [-0.4, -0.2) is 60.1 Å². The fourth-order valence-electron chi connectivity index (χ4n) is 5.24. The number of nitrogens with zero attached hydrogens (tertiary/aromatic N) is 1. The molecular weight excluding hydrogens is 338 g/mol. The lowest BCUT2D eigenvalue weighted by atomic mass is 9.50. The summed E-state index contributed by atoms with van der Waals surface area (Å²) in [5, 5.41) is 35.8. The molecule has 1 aromatic rings. The first-order chi connectivity index (χ1) is 12.2. The number of carbonyl (C=O) groups is 1. The monoisotopic (exact) mass is 361 g/mol. The van der Waals surface area contributed by atoms with Crippen molar-refractivity contribution in [3.05, 3.63) is 40.3 Å². The molecule has 2 bridgehead atoms. The molecule has 2 aliphatic carbocycles. The quantitative estimate of drug-likeness (QED) is 0.606. The number of phenolic OH excluding ortho intramolecular Hbond substituents is 1. The van der Waals surface area contributed by atoms with Gasteiger partial charge in [-0.1, -0.05) is 6.07 Å². The van der Waals surface area contributed by atoms with Crippen molar-refractivity contribution in [3.63, 3.8) is 0 Å². The molecule has 4 unspecified atom stereocenters. The Balaban J connectivity index is 2.06. The molecule has 0 saturated carbocycles. The number of hydrogen-bond donors (Lipinski definition) is 2.